The summed E-state index contributed by atoms with van der Waals surface area (Å²) in [7, 11) is 0. The SMILES string of the molecule is CCOC(C=O)[n+]1ccc(-c2cccc([N+](=O)[O-])c2)cc1. The minimum absolute atomic E-state index is 0.0457. The van der Waals surface area contributed by atoms with Gasteiger partial charge in [0, 0.05) is 24.3 Å². The van der Waals surface area contributed by atoms with Crippen molar-refractivity contribution in [3.05, 3.63) is 58.9 Å². The van der Waals surface area contributed by atoms with Crippen LogP contribution in [0.3, 0.4) is 0 Å². The van der Waals surface area contributed by atoms with E-state index in [-0.39, 0.29) is 5.69 Å². The molecule has 1 unspecified atom stereocenters. The summed E-state index contributed by atoms with van der Waals surface area (Å²) in [6, 6.07) is 9.97. The van der Waals surface area contributed by atoms with Crippen LogP contribution < -0.4 is 4.57 Å². The van der Waals surface area contributed by atoms with Crippen molar-refractivity contribution < 1.29 is 19.0 Å². The fraction of sp³-hybridized carbons (Fsp3) is 0.200. The molecule has 0 N–H and O–H groups in total. The lowest BCUT2D eigenvalue weighted by atomic mass is 10.1. The van der Waals surface area contributed by atoms with Crippen LogP contribution in [0.4, 0.5) is 5.69 Å². The maximum absolute atomic E-state index is 10.9. The van der Waals surface area contributed by atoms with E-state index in [0.717, 1.165) is 17.4 Å². The Labute approximate surface area is 121 Å². The molecule has 6 heteroatoms. The molecular formula is C15H15N2O4+. The van der Waals surface area contributed by atoms with Crippen molar-refractivity contribution in [3.63, 3.8) is 0 Å². The number of non-ortho nitro benzene ring substituents is 1. The highest BCUT2D eigenvalue weighted by atomic mass is 16.6. The van der Waals surface area contributed by atoms with Gasteiger partial charge in [0.05, 0.1) is 11.5 Å². The molecule has 0 radical (unpaired) electrons. The molecule has 0 saturated heterocycles. The third-order valence-electron chi connectivity index (χ3n) is 2.99. The van der Waals surface area contributed by atoms with Crippen molar-refractivity contribution in [2.24, 2.45) is 0 Å². The van der Waals surface area contributed by atoms with Crippen molar-refractivity contribution in [1.82, 2.24) is 0 Å². The number of nitrogens with zero attached hydrogens (tertiary/aromatic N) is 2. The number of nitro groups is 1. The fourth-order valence-corrected chi connectivity index (χ4v) is 1.97. The van der Waals surface area contributed by atoms with E-state index in [4.69, 9.17) is 4.74 Å². The van der Waals surface area contributed by atoms with Gasteiger partial charge in [-0.1, -0.05) is 12.1 Å². The van der Waals surface area contributed by atoms with Crippen molar-refractivity contribution >= 4 is 12.0 Å². The number of aromatic nitrogens is 1. The van der Waals surface area contributed by atoms with Gasteiger partial charge in [-0.05, 0) is 18.1 Å². The number of nitro benzene ring substituents is 1. The largest absolute Gasteiger partial charge is 0.320 e. The molecule has 0 saturated carbocycles. The highest BCUT2D eigenvalue weighted by Gasteiger charge is 2.17. The first kappa shape index (κ1) is 14.8. The van der Waals surface area contributed by atoms with Crippen molar-refractivity contribution in [2.75, 3.05) is 6.61 Å². The van der Waals surface area contributed by atoms with E-state index < -0.39 is 11.2 Å². The van der Waals surface area contributed by atoms with Gasteiger partial charge >= 0.3 is 6.23 Å². The Kier molecular flexibility index (Phi) is 4.73. The summed E-state index contributed by atoms with van der Waals surface area (Å²) in [6.45, 7) is 2.25. The van der Waals surface area contributed by atoms with Gasteiger partial charge < -0.3 is 4.74 Å². The molecule has 108 valence electrons. The summed E-state index contributed by atoms with van der Waals surface area (Å²) in [5.74, 6) is 0. The molecule has 0 aliphatic rings. The van der Waals surface area contributed by atoms with Gasteiger partial charge in [-0.25, -0.2) is 0 Å². The van der Waals surface area contributed by atoms with E-state index in [0.29, 0.717) is 6.61 Å². The van der Waals surface area contributed by atoms with Crippen LogP contribution in [0.5, 0.6) is 0 Å². The zero-order valence-corrected chi connectivity index (χ0v) is 11.5. The molecule has 6 nitrogen and oxygen atoms in total. The molecule has 1 aromatic carbocycles. The maximum atomic E-state index is 10.9. The van der Waals surface area contributed by atoms with E-state index >= 15 is 0 Å². The Morgan fingerprint density at radius 3 is 2.57 bits per heavy atom. The first-order chi connectivity index (χ1) is 10.2. The maximum Gasteiger partial charge on any atom is 0.320 e. The smallest absolute Gasteiger partial charge is 0.315 e. The summed E-state index contributed by atoms with van der Waals surface area (Å²) in [4.78, 5) is 21.3. The predicted molar refractivity (Wildman–Crippen MR) is 75.5 cm³/mol. The monoisotopic (exact) mass is 287 g/mol. The standard InChI is InChI=1S/C15H15N2O4/c1-2-21-15(11-18)16-8-6-12(7-9-16)13-4-3-5-14(10-13)17(19)20/h3-11,15H,2H2,1H3/q+1. The Morgan fingerprint density at radius 1 is 1.29 bits per heavy atom. The third-order valence-corrected chi connectivity index (χ3v) is 2.99. The zero-order valence-electron chi connectivity index (χ0n) is 11.5. The Bertz CT molecular complexity index is 640. The molecule has 2 aromatic rings. The van der Waals surface area contributed by atoms with E-state index in [9.17, 15) is 14.9 Å². The lowest BCUT2D eigenvalue weighted by Gasteiger charge is -2.06. The second-order valence-corrected chi connectivity index (χ2v) is 4.32. The van der Waals surface area contributed by atoms with Gasteiger partial charge in [0.15, 0.2) is 12.4 Å². The molecule has 0 fully saturated rings. The third kappa shape index (κ3) is 3.49. The van der Waals surface area contributed by atoms with Crippen molar-refractivity contribution in [3.8, 4) is 11.1 Å². The number of rotatable bonds is 6. The van der Waals surface area contributed by atoms with Crippen LogP contribution in [0, 0.1) is 10.1 Å². The van der Waals surface area contributed by atoms with Crippen LogP contribution in [0.25, 0.3) is 11.1 Å². The number of carbonyl (C=O) groups excluding carboxylic acids is 1. The Balaban J connectivity index is 2.28. The summed E-state index contributed by atoms with van der Waals surface area (Å²) < 4.78 is 6.92. The van der Waals surface area contributed by atoms with E-state index in [1.165, 1.54) is 12.1 Å². The molecule has 0 spiro atoms. The minimum Gasteiger partial charge on any atom is -0.315 e. The van der Waals surface area contributed by atoms with Gasteiger partial charge in [-0.15, -0.1) is 0 Å². The van der Waals surface area contributed by atoms with Gasteiger partial charge in [0.2, 0.25) is 6.29 Å². The molecular weight excluding hydrogens is 272 g/mol. The molecule has 0 aliphatic carbocycles. The van der Waals surface area contributed by atoms with Crippen molar-refractivity contribution in [1.29, 1.82) is 0 Å². The number of carbonyl (C=O) groups is 1. The zero-order chi connectivity index (χ0) is 15.2. The highest BCUT2D eigenvalue weighted by molar-refractivity contribution is 5.65. The van der Waals surface area contributed by atoms with E-state index in [1.807, 2.05) is 6.92 Å². The van der Waals surface area contributed by atoms with Gasteiger partial charge in [-0.2, -0.15) is 4.57 Å². The second kappa shape index (κ2) is 6.71. The van der Waals surface area contributed by atoms with Crippen LogP contribution in [0.1, 0.15) is 13.2 Å². The summed E-state index contributed by atoms with van der Waals surface area (Å²) in [5.41, 5.74) is 1.62. The quantitative estimate of drug-likeness (QED) is 0.353. The number of ether oxygens (including phenoxy) is 1. The summed E-state index contributed by atoms with van der Waals surface area (Å²) in [5, 5.41) is 10.8. The molecule has 1 atom stereocenters. The highest BCUT2D eigenvalue weighted by Crippen LogP contribution is 2.22. The summed E-state index contributed by atoms with van der Waals surface area (Å²) in [6.07, 6.45) is 3.48. The second-order valence-electron chi connectivity index (χ2n) is 4.32. The van der Waals surface area contributed by atoms with Crippen LogP contribution >= 0.6 is 0 Å². The number of benzene rings is 1. The molecule has 2 rings (SSSR count). The fourth-order valence-electron chi connectivity index (χ4n) is 1.97. The molecule has 0 amide bonds. The van der Waals surface area contributed by atoms with Gasteiger partial charge in [-0.3, -0.25) is 14.9 Å². The van der Waals surface area contributed by atoms with Gasteiger partial charge in [0.25, 0.3) is 5.69 Å². The molecule has 0 bridgehead atoms. The lowest BCUT2D eigenvalue weighted by Crippen LogP contribution is -2.41. The van der Waals surface area contributed by atoms with Crippen molar-refractivity contribution in [2.45, 2.75) is 13.2 Å². The van der Waals surface area contributed by atoms with Crippen LogP contribution in [-0.4, -0.2) is 17.8 Å². The van der Waals surface area contributed by atoms with Crippen LogP contribution in [0.2, 0.25) is 0 Å². The average Bonchev–Trinajstić information content (AvgIpc) is 2.53. The molecule has 21 heavy (non-hydrogen) atoms. The average molecular weight is 287 g/mol. The summed E-state index contributed by atoms with van der Waals surface area (Å²) >= 11 is 0. The Hall–Kier alpha value is -2.60. The molecule has 1 heterocycles. The molecule has 0 aliphatic heterocycles. The van der Waals surface area contributed by atoms with Crippen LogP contribution in [0.15, 0.2) is 48.8 Å². The number of hydrogen-bond donors (Lipinski definition) is 0. The number of aldehydes is 1. The normalized spacial score (nSPS) is 11.9. The number of hydrogen-bond acceptors (Lipinski definition) is 4. The first-order valence-electron chi connectivity index (χ1n) is 6.48. The first-order valence-corrected chi connectivity index (χ1v) is 6.48. The van der Waals surface area contributed by atoms with E-state index in [1.54, 1.807) is 41.2 Å². The topological polar surface area (TPSA) is 73.3 Å². The molecule has 1 aromatic heterocycles. The Morgan fingerprint density at radius 2 is 2.00 bits per heavy atom. The minimum atomic E-state index is -0.658. The van der Waals surface area contributed by atoms with Crippen LogP contribution in [-0.2, 0) is 9.53 Å². The van der Waals surface area contributed by atoms with E-state index in [2.05, 4.69) is 0 Å². The number of pyridine rings is 1. The van der Waals surface area contributed by atoms with Gasteiger partial charge in [0.1, 0.15) is 0 Å². The predicted octanol–water partition coefficient (Wildman–Crippen LogP) is 2.28. The lowest BCUT2D eigenvalue weighted by molar-refractivity contribution is -0.744.